The van der Waals surface area contributed by atoms with Gasteiger partial charge in [-0.25, -0.2) is 0 Å². The zero-order valence-corrected chi connectivity index (χ0v) is 8.50. The Bertz CT molecular complexity index is 317. The molecule has 0 fully saturated rings. The van der Waals surface area contributed by atoms with Crippen molar-refractivity contribution >= 4 is 0 Å². The van der Waals surface area contributed by atoms with Gasteiger partial charge >= 0.3 is 0 Å². The Labute approximate surface area is 79.7 Å². The lowest BCUT2D eigenvalue weighted by Crippen LogP contribution is -2.21. The van der Waals surface area contributed by atoms with Crippen molar-refractivity contribution in [3.8, 4) is 5.75 Å². The Balaban J connectivity index is 2.43. The predicted molar refractivity (Wildman–Crippen MR) is 54.3 cm³/mol. The fourth-order valence-corrected chi connectivity index (χ4v) is 2.04. The maximum atomic E-state index is 5.78. The van der Waals surface area contributed by atoms with Gasteiger partial charge in [-0.2, -0.15) is 0 Å². The van der Waals surface area contributed by atoms with E-state index in [1.54, 1.807) is 0 Å². The standard InChI is InChI=1S/C12H16O/c1-8-4-5-11-9(2)7-10(3)13-12(11)6-8/h4-6,9-10H,7H2,1-3H3. The van der Waals surface area contributed by atoms with Crippen LogP contribution in [0.15, 0.2) is 18.2 Å². The molecule has 0 amide bonds. The fourth-order valence-electron chi connectivity index (χ4n) is 2.04. The highest BCUT2D eigenvalue weighted by atomic mass is 16.5. The number of rotatable bonds is 0. The monoisotopic (exact) mass is 176 g/mol. The van der Waals surface area contributed by atoms with Crippen molar-refractivity contribution in [1.82, 2.24) is 0 Å². The number of benzene rings is 1. The van der Waals surface area contributed by atoms with Gasteiger partial charge in [0.15, 0.2) is 0 Å². The second kappa shape index (κ2) is 3.06. The second-order valence-electron chi connectivity index (χ2n) is 4.11. The summed E-state index contributed by atoms with van der Waals surface area (Å²) in [6, 6.07) is 6.50. The molecule has 2 unspecified atom stereocenters. The lowest BCUT2D eigenvalue weighted by Gasteiger charge is -2.28. The van der Waals surface area contributed by atoms with Gasteiger partial charge < -0.3 is 4.74 Å². The van der Waals surface area contributed by atoms with E-state index in [9.17, 15) is 0 Å². The molecule has 0 radical (unpaired) electrons. The molecule has 0 saturated heterocycles. The first-order chi connectivity index (χ1) is 6.16. The summed E-state index contributed by atoms with van der Waals surface area (Å²) in [7, 11) is 0. The van der Waals surface area contributed by atoms with E-state index in [0.29, 0.717) is 12.0 Å². The van der Waals surface area contributed by atoms with E-state index in [0.717, 1.165) is 12.2 Å². The van der Waals surface area contributed by atoms with Crippen LogP contribution in [0, 0.1) is 6.92 Å². The molecule has 2 rings (SSSR count). The van der Waals surface area contributed by atoms with E-state index in [-0.39, 0.29) is 0 Å². The summed E-state index contributed by atoms with van der Waals surface area (Å²) in [5.74, 6) is 1.73. The maximum absolute atomic E-state index is 5.78. The van der Waals surface area contributed by atoms with Crippen LogP contribution in [0.1, 0.15) is 37.3 Å². The molecule has 1 heteroatoms. The molecular weight excluding hydrogens is 160 g/mol. The van der Waals surface area contributed by atoms with Gasteiger partial charge in [-0.3, -0.25) is 0 Å². The van der Waals surface area contributed by atoms with Gasteiger partial charge in [0, 0.05) is 0 Å². The average Bonchev–Trinajstić information content (AvgIpc) is 2.02. The minimum atomic E-state index is 0.365. The average molecular weight is 176 g/mol. The van der Waals surface area contributed by atoms with Crippen LogP contribution in [0.5, 0.6) is 5.75 Å². The first-order valence-electron chi connectivity index (χ1n) is 4.94. The minimum Gasteiger partial charge on any atom is -0.490 e. The normalized spacial score (nSPS) is 26.4. The summed E-state index contributed by atoms with van der Waals surface area (Å²) in [6.07, 6.45) is 1.50. The molecule has 0 aromatic heterocycles. The number of hydrogen-bond acceptors (Lipinski definition) is 1. The molecule has 0 aliphatic carbocycles. The third kappa shape index (κ3) is 1.55. The Morgan fingerprint density at radius 2 is 2.08 bits per heavy atom. The molecule has 1 aliphatic heterocycles. The molecule has 0 spiro atoms. The van der Waals surface area contributed by atoms with E-state index in [4.69, 9.17) is 4.74 Å². The van der Waals surface area contributed by atoms with Crippen LogP contribution in [-0.2, 0) is 0 Å². The summed E-state index contributed by atoms with van der Waals surface area (Å²) in [5.41, 5.74) is 2.64. The van der Waals surface area contributed by atoms with Crippen molar-refractivity contribution < 1.29 is 4.74 Å². The molecule has 0 saturated carbocycles. The van der Waals surface area contributed by atoms with Gasteiger partial charge in [0.25, 0.3) is 0 Å². The number of ether oxygens (including phenoxy) is 1. The highest BCUT2D eigenvalue weighted by molar-refractivity contribution is 5.40. The van der Waals surface area contributed by atoms with Gasteiger partial charge in [-0.1, -0.05) is 19.1 Å². The second-order valence-corrected chi connectivity index (χ2v) is 4.11. The molecule has 1 aliphatic rings. The molecule has 13 heavy (non-hydrogen) atoms. The van der Waals surface area contributed by atoms with Crippen molar-refractivity contribution in [3.05, 3.63) is 29.3 Å². The highest BCUT2D eigenvalue weighted by Gasteiger charge is 2.21. The first-order valence-corrected chi connectivity index (χ1v) is 4.94. The molecule has 1 heterocycles. The van der Waals surface area contributed by atoms with Crippen molar-refractivity contribution in [2.45, 2.75) is 39.2 Å². The van der Waals surface area contributed by atoms with Crippen LogP contribution in [0.25, 0.3) is 0 Å². The molecule has 0 bridgehead atoms. The number of fused-ring (bicyclic) bond motifs is 1. The van der Waals surface area contributed by atoms with Crippen molar-refractivity contribution in [2.75, 3.05) is 0 Å². The van der Waals surface area contributed by atoms with E-state index in [1.807, 2.05) is 0 Å². The molecule has 1 aromatic carbocycles. The quantitative estimate of drug-likeness (QED) is 0.589. The van der Waals surface area contributed by atoms with Crippen LogP contribution >= 0.6 is 0 Å². The SMILES string of the molecule is Cc1ccc2c(c1)OC(C)CC2C. The number of aryl methyl sites for hydroxylation is 1. The summed E-state index contributed by atoms with van der Waals surface area (Å²) in [4.78, 5) is 0. The van der Waals surface area contributed by atoms with Crippen LogP contribution in [0.4, 0.5) is 0 Å². The van der Waals surface area contributed by atoms with Crippen LogP contribution < -0.4 is 4.74 Å². The summed E-state index contributed by atoms with van der Waals surface area (Å²) in [6.45, 7) is 6.52. The minimum absolute atomic E-state index is 0.365. The third-order valence-corrected chi connectivity index (χ3v) is 2.71. The summed E-state index contributed by atoms with van der Waals surface area (Å²) < 4.78 is 5.78. The Kier molecular flexibility index (Phi) is 2.03. The lowest BCUT2D eigenvalue weighted by atomic mass is 9.91. The first kappa shape index (κ1) is 8.61. The molecule has 2 atom stereocenters. The van der Waals surface area contributed by atoms with Crippen molar-refractivity contribution in [1.29, 1.82) is 0 Å². The van der Waals surface area contributed by atoms with Gasteiger partial charge in [0.2, 0.25) is 0 Å². The molecular formula is C12H16O. The highest BCUT2D eigenvalue weighted by Crippen LogP contribution is 2.36. The number of hydrogen-bond donors (Lipinski definition) is 0. The Morgan fingerprint density at radius 3 is 2.85 bits per heavy atom. The van der Waals surface area contributed by atoms with Crippen molar-refractivity contribution in [3.63, 3.8) is 0 Å². The van der Waals surface area contributed by atoms with Gasteiger partial charge in [0.1, 0.15) is 5.75 Å². The third-order valence-electron chi connectivity index (χ3n) is 2.71. The van der Waals surface area contributed by atoms with E-state index in [2.05, 4.69) is 39.0 Å². The molecule has 70 valence electrons. The topological polar surface area (TPSA) is 9.23 Å². The molecule has 1 aromatic rings. The maximum Gasteiger partial charge on any atom is 0.123 e. The molecule has 1 nitrogen and oxygen atoms in total. The fraction of sp³-hybridized carbons (Fsp3) is 0.500. The van der Waals surface area contributed by atoms with Gasteiger partial charge in [0.05, 0.1) is 6.10 Å². The lowest BCUT2D eigenvalue weighted by molar-refractivity contribution is 0.179. The molecule has 0 N–H and O–H groups in total. The van der Waals surface area contributed by atoms with Gasteiger partial charge in [-0.05, 0) is 43.4 Å². The van der Waals surface area contributed by atoms with Crippen LogP contribution in [0.3, 0.4) is 0 Å². The van der Waals surface area contributed by atoms with Crippen LogP contribution in [0.2, 0.25) is 0 Å². The predicted octanol–water partition coefficient (Wildman–Crippen LogP) is 3.27. The van der Waals surface area contributed by atoms with E-state index < -0.39 is 0 Å². The zero-order valence-electron chi connectivity index (χ0n) is 8.50. The van der Waals surface area contributed by atoms with Crippen LogP contribution in [-0.4, -0.2) is 6.10 Å². The van der Waals surface area contributed by atoms with Gasteiger partial charge in [-0.15, -0.1) is 0 Å². The summed E-state index contributed by atoms with van der Waals surface area (Å²) >= 11 is 0. The van der Waals surface area contributed by atoms with Crippen molar-refractivity contribution in [2.24, 2.45) is 0 Å². The largest absolute Gasteiger partial charge is 0.490 e. The zero-order chi connectivity index (χ0) is 9.42. The van der Waals surface area contributed by atoms with E-state index >= 15 is 0 Å². The van der Waals surface area contributed by atoms with E-state index in [1.165, 1.54) is 11.1 Å². The Hall–Kier alpha value is -0.980. The smallest absolute Gasteiger partial charge is 0.123 e. The Morgan fingerprint density at radius 1 is 1.31 bits per heavy atom. The summed E-state index contributed by atoms with van der Waals surface area (Å²) in [5, 5.41) is 0.